The molecule has 2 rings (SSSR count). The van der Waals surface area contributed by atoms with Gasteiger partial charge in [0, 0.05) is 31.9 Å². The highest BCUT2D eigenvalue weighted by molar-refractivity contribution is 5.42. The monoisotopic (exact) mass is 249 g/mol. The van der Waals surface area contributed by atoms with Crippen molar-refractivity contribution >= 4 is 5.82 Å². The van der Waals surface area contributed by atoms with Gasteiger partial charge in [0.15, 0.2) is 0 Å². The molecule has 1 saturated heterocycles. The van der Waals surface area contributed by atoms with Crippen molar-refractivity contribution in [2.24, 2.45) is 0 Å². The highest BCUT2D eigenvalue weighted by Crippen LogP contribution is 2.21. The van der Waals surface area contributed by atoms with Crippen molar-refractivity contribution in [3.63, 3.8) is 0 Å². The second-order valence-corrected chi connectivity index (χ2v) is 5.11. The van der Waals surface area contributed by atoms with Crippen molar-refractivity contribution in [2.45, 2.75) is 32.4 Å². The summed E-state index contributed by atoms with van der Waals surface area (Å²) in [5, 5.41) is 9.63. The fraction of sp³-hybridized carbons (Fsp3) is 0.643. The van der Waals surface area contributed by atoms with Gasteiger partial charge in [0.2, 0.25) is 0 Å². The van der Waals surface area contributed by atoms with Crippen molar-refractivity contribution < 1.29 is 5.11 Å². The molecule has 0 aromatic carbocycles. The van der Waals surface area contributed by atoms with Crippen LogP contribution in [0.25, 0.3) is 0 Å². The van der Waals surface area contributed by atoms with Gasteiger partial charge < -0.3 is 10.0 Å². The molecular formula is C14H23N3O. The van der Waals surface area contributed by atoms with E-state index in [9.17, 15) is 5.11 Å². The molecular weight excluding hydrogens is 226 g/mol. The highest BCUT2D eigenvalue weighted by atomic mass is 16.3. The molecule has 1 aliphatic rings. The molecule has 0 spiro atoms. The van der Waals surface area contributed by atoms with Crippen LogP contribution in [-0.2, 0) is 0 Å². The first-order chi connectivity index (χ1) is 8.61. The molecule has 2 heterocycles. The maximum Gasteiger partial charge on any atom is 0.128 e. The van der Waals surface area contributed by atoms with Crippen molar-refractivity contribution in [3.8, 4) is 0 Å². The Morgan fingerprint density at radius 3 is 2.94 bits per heavy atom. The SMILES string of the molecule is CCC1CN(c2cc(C(C)O)ccn2)CCN1C. The van der Waals surface area contributed by atoms with Crippen LogP contribution < -0.4 is 4.90 Å². The fourth-order valence-corrected chi connectivity index (χ4v) is 2.46. The van der Waals surface area contributed by atoms with E-state index in [4.69, 9.17) is 0 Å². The number of aliphatic hydroxyl groups is 1. The molecule has 2 atom stereocenters. The number of nitrogens with zero attached hydrogens (tertiary/aromatic N) is 3. The van der Waals surface area contributed by atoms with Gasteiger partial charge >= 0.3 is 0 Å². The minimum absolute atomic E-state index is 0.429. The van der Waals surface area contributed by atoms with Crippen molar-refractivity contribution in [3.05, 3.63) is 23.9 Å². The van der Waals surface area contributed by atoms with Crippen LogP contribution in [0.5, 0.6) is 0 Å². The van der Waals surface area contributed by atoms with E-state index in [1.165, 1.54) is 0 Å². The summed E-state index contributed by atoms with van der Waals surface area (Å²) in [4.78, 5) is 9.17. The second-order valence-electron chi connectivity index (χ2n) is 5.11. The average Bonchev–Trinajstić information content (AvgIpc) is 2.39. The van der Waals surface area contributed by atoms with Crippen LogP contribution in [0.1, 0.15) is 31.9 Å². The molecule has 0 saturated carbocycles. The van der Waals surface area contributed by atoms with Gasteiger partial charge in [-0.05, 0) is 38.1 Å². The zero-order valence-electron chi connectivity index (χ0n) is 11.5. The number of hydrogen-bond donors (Lipinski definition) is 1. The van der Waals surface area contributed by atoms with Gasteiger partial charge in [-0.2, -0.15) is 0 Å². The van der Waals surface area contributed by atoms with E-state index in [-0.39, 0.29) is 0 Å². The first kappa shape index (κ1) is 13.3. The minimum Gasteiger partial charge on any atom is -0.389 e. The largest absolute Gasteiger partial charge is 0.389 e. The highest BCUT2D eigenvalue weighted by Gasteiger charge is 2.23. The Balaban J connectivity index is 2.14. The van der Waals surface area contributed by atoms with Crippen LogP contribution in [0.3, 0.4) is 0 Å². The average molecular weight is 249 g/mol. The Kier molecular flexibility index (Phi) is 4.19. The number of pyridine rings is 1. The third-order valence-electron chi connectivity index (χ3n) is 3.82. The van der Waals surface area contributed by atoms with E-state index in [2.05, 4.69) is 28.8 Å². The molecule has 1 aliphatic heterocycles. The Hall–Kier alpha value is -1.13. The number of likely N-dealkylation sites (N-methyl/N-ethyl adjacent to an activating group) is 1. The van der Waals surface area contributed by atoms with Crippen LogP contribution in [0.4, 0.5) is 5.82 Å². The van der Waals surface area contributed by atoms with Crippen molar-refractivity contribution in [1.82, 2.24) is 9.88 Å². The van der Waals surface area contributed by atoms with Gasteiger partial charge in [-0.3, -0.25) is 4.90 Å². The molecule has 0 aliphatic carbocycles. The summed E-state index contributed by atoms with van der Waals surface area (Å²) in [7, 11) is 2.19. The number of piperazine rings is 1. The van der Waals surface area contributed by atoms with Gasteiger partial charge in [-0.15, -0.1) is 0 Å². The maximum absolute atomic E-state index is 9.63. The van der Waals surface area contributed by atoms with E-state index in [0.29, 0.717) is 6.04 Å². The third kappa shape index (κ3) is 2.82. The Morgan fingerprint density at radius 2 is 2.28 bits per heavy atom. The van der Waals surface area contributed by atoms with Crippen molar-refractivity contribution in [2.75, 3.05) is 31.6 Å². The van der Waals surface area contributed by atoms with Gasteiger partial charge in [0.25, 0.3) is 0 Å². The normalized spacial score (nSPS) is 23.1. The summed E-state index contributed by atoms with van der Waals surface area (Å²) in [6.45, 7) is 7.11. The lowest BCUT2D eigenvalue weighted by molar-refractivity contribution is 0.199. The van der Waals surface area contributed by atoms with E-state index in [1.54, 1.807) is 13.1 Å². The van der Waals surface area contributed by atoms with Crippen LogP contribution in [0, 0.1) is 0 Å². The van der Waals surface area contributed by atoms with E-state index in [1.807, 2.05) is 12.1 Å². The second kappa shape index (κ2) is 5.67. The molecule has 0 bridgehead atoms. The fourth-order valence-electron chi connectivity index (χ4n) is 2.46. The first-order valence-corrected chi connectivity index (χ1v) is 6.71. The lowest BCUT2D eigenvalue weighted by atomic mass is 10.1. The lowest BCUT2D eigenvalue weighted by Crippen LogP contribution is -2.51. The van der Waals surface area contributed by atoms with E-state index >= 15 is 0 Å². The zero-order valence-corrected chi connectivity index (χ0v) is 11.5. The minimum atomic E-state index is -0.429. The van der Waals surface area contributed by atoms with Gasteiger partial charge in [-0.1, -0.05) is 6.92 Å². The number of aromatic nitrogens is 1. The van der Waals surface area contributed by atoms with E-state index < -0.39 is 6.10 Å². The molecule has 4 heteroatoms. The number of rotatable bonds is 3. The summed E-state index contributed by atoms with van der Waals surface area (Å²) in [5.74, 6) is 0.986. The molecule has 1 aromatic rings. The molecule has 18 heavy (non-hydrogen) atoms. The molecule has 0 amide bonds. The van der Waals surface area contributed by atoms with Crippen LogP contribution in [-0.4, -0.2) is 47.7 Å². The summed E-state index contributed by atoms with van der Waals surface area (Å²) >= 11 is 0. The maximum atomic E-state index is 9.63. The summed E-state index contributed by atoms with van der Waals surface area (Å²) in [5.41, 5.74) is 0.937. The molecule has 0 radical (unpaired) electrons. The predicted octanol–water partition coefficient (Wildman–Crippen LogP) is 1.67. The lowest BCUT2D eigenvalue weighted by Gasteiger charge is -2.39. The van der Waals surface area contributed by atoms with E-state index in [0.717, 1.165) is 37.4 Å². The van der Waals surface area contributed by atoms with Crippen LogP contribution in [0.2, 0.25) is 0 Å². The summed E-state index contributed by atoms with van der Waals surface area (Å²) < 4.78 is 0. The molecule has 100 valence electrons. The number of anilines is 1. The van der Waals surface area contributed by atoms with Gasteiger partial charge in [0.05, 0.1) is 6.10 Å². The Morgan fingerprint density at radius 1 is 1.50 bits per heavy atom. The summed E-state index contributed by atoms with van der Waals surface area (Å²) in [6, 6.07) is 4.47. The van der Waals surface area contributed by atoms with Gasteiger partial charge in [0.1, 0.15) is 5.82 Å². The summed E-state index contributed by atoms with van der Waals surface area (Å²) in [6.07, 6.45) is 2.51. The smallest absolute Gasteiger partial charge is 0.128 e. The van der Waals surface area contributed by atoms with Gasteiger partial charge in [-0.25, -0.2) is 4.98 Å². The predicted molar refractivity (Wildman–Crippen MR) is 73.8 cm³/mol. The quantitative estimate of drug-likeness (QED) is 0.884. The molecule has 1 fully saturated rings. The zero-order chi connectivity index (χ0) is 13.1. The third-order valence-corrected chi connectivity index (χ3v) is 3.82. The molecule has 1 aromatic heterocycles. The Bertz CT molecular complexity index is 394. The molecule has 1 N–H and O–H groups in total. The Labute approximate surface area is 109 Å². The van der Waals surface area contributed by atoms with Crippen molar-refractivity contribution in [1.29, 1.82) is 0 Å². The standard InChI is InChI=1S/C14H23N3O/c1-4-13-10-17(8-7-16(13)3)14-9-12(11(2)18)5-6-15-14/h5-6,9,11,13,18H,4,7-8,10H2,1-3H3. The number of hydrogen-bond acceptors (Lipinski definition) is 4. The molecule has 4 nitrogen and oxygen atoms in total. The number of aliphatic hydroxyl groups excluding tert-OH is 1. The van der Waals surface area contributed by atoms with Crippen LogP contribution >= 0.6 is 0 Å². The van der Waals surface area contributed by atoms with Crippen LogP contribution in [0.15, 0.2) is 18.3 Å². The molecule has 2 unspecified atom stereocenters. The first-order valence-electron chi connectivity index (χ1n) is 6.71. The topological polar surface area (TPSA) is 39.6 Å².